The molecule has 0 saturated heterocycles. The van der Waals surface area contributed by atoms with Crippen molar-refractivity contribution in [2.24, 2.45) is 0 Å². The highest BCUT2D eigenvalue weighted by molar-refractivity contribution is 7.90. The summed E-state index contributed by atoms with van der Waals surface area (Å²) in [6, 6.07) is 1.33. The Hall–Kier alpha value is -1.38. The van der Waals surface area contributed by atoms with Crippen LogP contribution in [0.2, 0.25) is 10.0 Å². The summed E-state index contributed by atoms with van der Waals surface area (Å²) in [4.78, 5) is 22.0. The zero-order valence-electron chi connectivity index (χ0n) is 11.1. The highest BCUT2D eigenvalue weighted by Crippen LogP contribution is 2.30. The molecule has 10 heteroatoms. The maximum absolute atomic E-state index is 12.0. The summed E-state index contributed by atoms with van der Waals surface area (Å²) < 4.78 is 22.3. The van der Waals surface area contributed by atoms with Crippen molar-refractivity contribution in [1.29, 1.82) is 0 Å². The van der Waals surface area contributed by atoms with Crippen LogP contribution in [0, 0.1) is 10.1 Å². The first kappa shape index (κ1) is 17.7. The van der Waals surface area contributed by atoms with Crippen LogP contribution in [0.5, 0.6) is 0 Å². The van der Waals surface area contributed by atoms with E-state index < -0.39 is 26.7 Å². The van der Waals surface area contributed by atoms with Gasteiger partial charge in [-0.2, -0.15) is 0 Å². The van der Waals surface area contributed by atoms with E-state index in [0.29, 0.717) is 0 Å². The number of hydrogen-bond donors (Lipinski definition) is 1. The van der Waals surface area contributed by atoms with Gasteiger partial charge in [0.2, 0.25) is 0 Å². The van der Waals surface area contributed by atoms with Gasteiger partial charge in [-0.1, -0.05) is 23.2 Å². The Morgan fingerprint density at radius 3 is 2.48 bits per heavy atom. The lowest BCUT2D eigenvalue weighted by atomic mass is 10.1. The zero-order chi connectivity index (χ0) is 16.4. The maximum atomic E-state index is 12.0. The molecular formula is C11H12Cl2N2O5S. The summed E-state index contributed by atoms with van der Waals surface area (Å²) in [5.74, 6) is -0.999. The van der Waals surface area contributed by atoms with Crippen molar-refractivity contribution in [3.8, 4) is 0 Å². The molecular weight excluding hydrogens is 343 g/mol. The Morgan fingerprint density at radius 1 is 1.43 bits per heavy atom. The second kappa shape index (κ2) is 6.59. The number of hydrogen-bond acceptors (Lipinski definition) is 5. The third-order valence-corrected chi connectivity index (χ3v) is 4.31. The number of sulfone groups is 1. The molecule has 1 amide bonds. The topological polar surface area (TPSA) is 106 Å². The van der Waals surface area contributed by atoms with E-state index in [4.69, 9.17) is 23.2 Å². The van der Waals surface area contributed by atoms with Crippen molar-refractivity contribution in [2.75, 3.05) is 12.0 Å². The van der Waals surface area contributed by atoms with Gasteiger partial charge in [0.1, 0.15) is 9.84 Å². The van der Waals surface area contributed by atoms with Crippen LogP contribution in [0.3, 0.4) is 0 Å². The molecule has 21 heavy (non-hydrogen) atoms. The molecule has 0 spiro atoms. The molecule has 1 N–H and O–H groups in total. The summed E-state index contributed by atoms with van der Waals surface area (Å²) in [5.41, 5.74) is -0.568. The lowest BCUT2D eigenvalue weighted by Gasteiger charge is -2.13. The van der Waals surface area contributed by atoms with E-state index in [0.717, 1.165) is 18.4 Å². The lowest BCUT2D eigenvalue weighted by Crippen LogP contribution is -2.37. The fraction of sp³-hybridized carbons (Fsp3) is 0.364. The third kappa shape index (κ3) is 5.14. The van der Waals surface area contributed by atoms with Gasteiger partial charge in [0.15, 0.2) is 0 Å². The number of carbonyl (C=O) groups is 1. The molecule has 0 aromatic heterocycles. The predicted octanol–water partition coefficient (Wildman–Crippen LogP) is 2.06. The largest absolute Gasteiger partial charge is 0.349 e. The van der Waals surface area contributed by atoms with Crippen molar-refractivity contribution in [3.63, 3.8) is 0 Å². The summed E-state index contributed by atoms with van der Waals surface area (Å²) in [6.45, 7) is 1.49. The normalized spacial score (nSPS) is 12.8. The van der Waals surface area contributed by atoms with Crippen molar-refractivity contribution in [3.05, 3.63) is 37.9 Å². The summed E-state index contributed by atoms with van der Waals surface area (Å²) in [5, 5.41) is 12.9. The van der Waals surface area contributed by atoms with Gasteiger partial charge in [0.25, 0.3) is 11.6 Å². The number of rotatable bonds is 5. The molecule has 1 aromatic carbocycles. The van der Waals surface area contributed by atoms with Gasteiger partial charge in [-0.05, 0) is 6.92 Å². The quantitative estimate of drug-likeness (QED) is 0.643. The van der Waals surface area contributed by atoms with Crippen molar-refractivity contribution >= 4 is 44.6 Å². The van der Waals surface area contributed by atoms with Gasteiger partial charge in [-0.25, -0.2) is 8.42 Å². The monoisotopic (exact) mass is 354 g/mol. The standard InChI is InChI=1S/C11H12Cl2N2O5S/c1-6(5-21(2,19)20)14-11(16)8-3-7(15(17)18)4-9(12)10(8)13/h3-4,6H,5H2,1-2H3,(H,14,16). The van der Waals surface area contributed by atoms with Gasteiger partial charge in [0.05, 0.1) is 26.3 Å². The molecule has 1 aromatic rings. The molecule has 1 unspecified atom stereocenters. The molecule has 0 aliphatic heterocycles. The average Bonchev–Trinajstić information content (AvgIpc) is 2.29. The number of nitro benzene ring substituents is 1. The number of non-ortho nitro benzene ring substituents is 1. The van der Waals surface area contributed by atoms with Gasteiger partial charge >= 0.3 is 0 Å². The number of amides is 1. The number of nitrogens with zero attached hydrogens (tertiary/aromatic N) is 1. The summed E-state index contributed by atoms with van der Waals surface area (Å²) in [6.07, 6.45) is 1.03. The molecule has 0 fully saturated rings. The second-order valence-electron chi connectivity index (χ2n) is 4.51. The van der Waals surface area contributed by atoms with Gasteiger partial charge in [-0.15, -0.1) is 0 Å². The molecule has 116 valence electrons. The zero-order valence-corrected chi connectivity index (χ0v) is 13.4. The molecule has 1 rings (SSSR count). The second-order valence-corrected chi connectivity index (χ2v) is 7.48. The molecule has 0 aliphatic rings. The SMILES string of the molecule is CC(CS(C)(=O)=O)NC(=O)c1cc([N+](=O)[O-])cc(Cl)c1Cl. The Kier molecular flexibility index (Phi) is 5.54. The fourth-order valence-corrected chi connectivity index (χ4v) is 3.04. The number of nitro groups is 1. The van der Waals surface area contributed by atoms with Gasteiger partial charge in [0, 0.05) is 24.4 Å². The first-order chi connectivity index (χ1) is 9.51. The maximum Gasteiger partial charge on any atom is 0.271 e. The van der Waals surface area contributed by atoms with Gasteiger partial charge < -0.3 is 5.32 Å². The van der Waals surface area contributed by atoms with E-state index in [1.807, 2.05) is 0 Å². The van der Waals surface area contributed by atoms with Crippen LogP contribution >= 0.6 is 23.2 Å². The third-order valence-electron chi connectivity index (χ3n) is 2.40. The Morgan fingerprint density at radius 2 is 2.00 bits per heavy atom. The smallest absolute Gasteiger partial charge is 0.271 e. The van der Waals surface area contributed by atoms with Crippen molar-refractivity contribution in [2.45, 2.75) is 13.0 Å². The minimum atomic E-state index is -3.27. The highest BCUT2D eigenvalue weighted by Gasteiger charge is 2.21. The van der Waals surface area contributed by atoms with Crippen LogP contribution < -0.4 is 5.32 Å². The molecule has 0 saturated carbocycles. The Bertz CT molecular complexity index is 690. The van der Waals surface area contributed by atoms with E-state index in [9.17, 15) is 23.3 Å². The van der Waals surface area contributed by atoms with E-state index in [1.165, 1.54) is 6.92 Å². The van der Waals surface area contributed by atoms with Crippen LogP contribution in [-0.2, 0) is 9.84 Å². The highest BCUT2D eigenvalue weighted by atomic mass is 35.5. The number of benzene rings is 1. The van der Waals surface area contributed by atoms with E-state index in [1.54, 1.807) is 0 Å². The van der Waals surface area contributed by atoms with E-state index in [2.05, 4.69) is 5.32 Å². The number of halogens is 2. The molecule has 0 radical (unpaired) electrons. The average molecular weight is 355 g/mol. The molecule has 0 heterocycles. The first-order valence-electron chi connectivity index (χ1n) is 5.63. The van der Waals surface area contributed by atoms with Crippen molar-refractivity contribution in [1.82, 2.24) is 5.32 Å². The Labute approximate surface area is 131 Å². The van der Waals surface area contributed by atoms with E-state index >= 15 is 0 Å². The summed E-state index contributed by atoms with van der Waals surface area (Å²) in [7, 11) is -3.27. The molecule has 7 nitrogen and oxygen atoms in total. The molecule has 0 aliphatic carbocycles. The van der Waals surface area contributed by atoms with Gasteiger partial charge in [-0.3, -0.25) is 14.9 Å². The lowest BCUT2D eigenvalue weighted by molar-refractivity contribution is -0.384. The van der Waals surface area contributed by atoms with Crippen molar-refractivity contribution < 1.29 is 18.1 Å². The predicted molar refractivity (Wildman–Crippen MR) is 79.8 cm³/mol. The number of carbonyl (C=O) groups excluding carboxylic acids is 1. The van der Waals surface area contributed by atoms with Crippen LogP contribution in [0.25, 0.3) is 0 Å². The fourth-order valence-electron chi connectivity index (χ4n) is 1.64. The number of nitrogens with one attached hydrogen (secondary N) is 1. The van der Waals surface area contributed by atoms with Crippen LogP contribution in [-0.4, -0.2) is 37.3 Å². The van der Waals surface area contributed by atoms with E-state index in [-0.39, 0.29) is 27.0 Å². The van der Waals surface area contributed by atoms with Crippen LogP contribution in [0.4, 0.5) is 5.69 Å². The Balaban J connectivity index is 3.05. The van der Waals surface area contributed by atoms with Crippen LogP contribution in [0.1, 0.15) is 17.3 Å². The first-order valence-corrected chi connectivity index (χ1v) is 8.45. The van der Waals surface area contributed by atoms with Crippen LogP contribution in [0.15, 0.2) is 12.1 Å². The summed E-state index contributed by atoms with van der Waals surface area (Å²) >= 11 is 11.6. The molecule has 0 bridgehead atoms. The molecule has 1 atom stereocenters. The minimum absolute atomic E-state index is 0.133. The minimum Gasteiger partial charge on any atom is -0.349 e.